The minimum absolute atomic E-state index is 0.159. The first-order valence-corrected chi connectivity index (χ1v) is 16.6. The van der Waals surface area contributed by atoms with Gasteiger partial charge in [-0.3, -0.25) is 13.9 Å². The fraction of sp³-hybridized carbons (Fsp3) is 0.543. The van der Waals surface area contributed by atoms with Crippen LogP contribution >= 0.6 is 0 Å². The lowest BCUT2D eigenvalue weighted by Gasteiger charge is -2.22. The molecule has 4 heterocycles. The highest BCUT2D eigenvalue weighted by Gasteiger charge is 2.26. The normalized spacial score (nSPS) is 18.1. The SMILES string of the molecule is CCC(C)n1c(=O)n(CCCOC2CCCCO2)c(=O)c2c1nc(-c1ccc(OC3CCCC3)nc1C)n2Cc1ccccc1. The van der Waals surface area contributed by atoms with Crippen molar-refractivity contribution < 1.29 is 14.2 Å². The lowest BCUT2D eigenvalue weighted by molar-refractivity contribution is -0.163. The Balaban J connectivity index is 1.43. The van der Waals surface area contributed by atoms with Crippen molar-refractivity contribution in [1.82, 2.24) is 23.7 Å². The van der Waals surface area contributed by atoms with Crippen molar-refractivity contribution in [3.05, 3.63) is 74.6 Å². The Morgan fingerprint density at radius 1 is 0.978 bits per heavy atom. The number of aryl methyl sites for hydroxylation is 1. The number of fused-ring (bicyclic) bond motifs is 1. The minimum atomic E-state index is -0.346. The smallest absolute Gasteiger partial charge is 0.332 e. The Morgan fingerprint density at radius 3 is 2.47 bits per heavy atom. The molecule has 240 valence electrons. The van der Waals surface area contributed by atoms with Crippen LogP contribution in [0.3, 0.4) is 0 Å². The van der Waals surface area contributed by atoms with Gasteiger partial charge < -0.3 is 18.8 Å². The van der Waals surface area contributed by atoms with Gasteiger partial charge in [0.25, 0.3) is 5.56 Å². The Kier molecular flexibility index (Phi) is 9.80. The molecule has 3 aromatic heterocycles. The Hall–Kier alpha value is -3.76. The van der Waals surface area contributed by atoms with Gasteiger partial charge in [-0.15, -0.1) is 0 Å². The van der Waals surface area contributed by atoms with Gasteiger partial charge in [0.2, 0.25) is 5.88 Å². The maximum absolute atomic E-state index is 14.3. The van der Waals surface area contributed by atoms with Crippen molar-refractivity contribution in [3.63, 3.8) is 0 Å². The summed E-state index contributed by atoms with van der Waals surface area (Å²) in [7, 11) is 0. The van der Waals surface area contributed by atoms with Gasteiger partial charge in [-0.05, 0) is 83.3 Å². The lowest BCUT2D eigenvalue weighted by Crippen LogP contribution is -2.42. The van der Waals surface area contributed by atoms with E-state index >= 15 is 0 Å². The molecule has 0 amide bonds. The zero-order chi connectivity index (χ0) is 31.3. The fourth-order valence-corrected chi connectivity index (χ4v) is 6.45. The van der Waals surface area contributed by atoms with Gasteiger partial charge in [0.15, 0.2) is 17.5 Å². The number of ether oxygens (including phenoxy) is 3. The van der Waals surface area contributed by atoms with Crippen molar-refractivity contribution in [1.29, 1.82) is 0 Å². The van der Waals surface area contributed by atoms with E-state index < -0.39 is 0 Å². The number of rotatable bonds is 12. The van der Waals surface area contributed by atoms with Crippen LogP contribution in [0.1, 0.15) is 88.9 Å². The number of hydrogen-bond donors (Lipinski definition) is 0. The van der Waals surface area contributed by atoms with Crippen LogP contribution in [-0.2, 0) is 22.6 Å². The second-order valence-electron chi connectivity index (χ2n) is 12.4. The van der Waals surface area contributed by atoms with Crippen LogP contribution in [0.25, 0.3) is 22.6 Å². The molecule has 2 unspecified atom stereocenters. The van der Waals surface area contributed by atoms with E-state index in [9.17, 15) is 9.59 Å². The summed E-state index contributed by atoms with van der Waals surface area (Å²) in [5, 5.41) is 0. The maximum atomic E-state index is 14.3. The molecule has 1 aliphatic carbocycles. The standard InChI is InChI=1S/C35H45N5O5/c1-4-24(2)40-33-31(34(41)38(35(40)42)20-12-22-44-30-17-10-11-21-43-30)39(23-26-13-6-5-7-14-26)32(37-33)28-18-19-29(36-25(28)3)45-27-15-8-9-16-27/h5-7,13-14,18-19,24,27,30H,4,8-12,15-17,20-23H2,1-3H3. The molecule has 1 saturated heterocycles. The van der Waals surface area contributed by atoms with E-state index in [0.29, 0.717) is 55.5 Å². The molecule has 0 bridgehead atoms. The van der Waals surface area contributed by atoms with Crippen molar-refractivity contribution in [2.75, 3.05) is 13.2 Å². The highest BCUT2D eigenvalue weighted by Crippen LogP contribution is 2.30. The molecule has 10 heteroatoms. The van der Waals surface area contributed by atoms with Crippen LogP contribution in [0.5, 0.6) is 5.88 Å². The van der Waals surface area contributed by atoms with Crippen LogP contribution in [0.2, 0.25) is 0 Å². The van der Waals surface area contributed by atoms with Crippen LogP contribution in [0.4, 0.5) is 0 Å². The van der Waals surface area contributed by atoms with Crippen LogP contribution in [0.15, 0.2) is 52.1 Å². The molecular weight excluding hydrogens is 570 g/mol. The van der Waals surface area contributed by atoms with E-state index in [-0.39, 0.29) is 36.2 Å². The molecule has 2 atom stereocenters. The van der Waals surface area contributed by atoms with Gasteiger partial charge in [-0.1, -0.05) is 37.3 Å². The Bertz CT molecular complexity index is 1710. The summed E-state index contributed by atoms with van der Waals surface area (Å²) in [6, 6.07) is 13.7. The molecule has 2 aliphatic rings. The van der Waals surface area contributed by atoms with Gasteiger partial charge in [0.1, 0.15) is 11.9 Å². The lowest BCUT2D eigenvalue weighted by atomic mass is 10.1. The van der Waals surface area contributed by atoms with Gasteiger partial charge in [0, 0.05) is 37.4 Å². The predicted octanol–water partition coefficient (Wildman–Crippen LogP) is 6.00. The van der Waals surface area contributed by atoms with Crippen molar-refractivity contribution in [3.8, 4) is 17.3 Å². The number of benzene rings is 1. The fourth-order valence-electron chi connectivity index (χ4n) is 6.45. The summed E-state index contributed by atoms with van der Waals surface area (Å²) in [5.41, 5.74) is 2.71. The topological polar surface area (TPSA) is 102 Å². The van der Waals surface area contributed by atoms with E-state index in [2.05, 4.69) is 0 Å². The summed E-state index contributed by atoms with van der Waals surface area (Å²) in [6.07, 6.45) is 8.70. The minimum Gasteiger partial charge on any atom is -0.474 e. The van der Waals surface area contributed by atoms with Crippen LogP contribution in [0, 0.1) is 6.92 Å². The molecule has 1 aliphatic heterocycles. The van der Waals surface area contributed by atoms with E-state index in [4.69, 9.17) is 24.2 Å². The zero-order valence-corrected chi connectivity index (χ0v) is 26.7. The first-order chi connectivity index (χ1) is 21.9. The third-order valence-corrected chi connectivity index (χ3v) is 9.14. The van der Waals surface area contributed by atoms with Crippen LogP contribution < -0.4 is 16.0 Å². The van der Waals surface area contributed by atoms with Gasteiger partial charge in [-0.25, -0.2) is 14.8 Å². The molecule has 0 N–H and O–H groups in total. The second kappa shape index (κ2) is 14.1. The molecule has 2 fully saturated rings. The summed E-state index contributed by atoms with van der Waals surface area (Å²) in [6.45, 7) is 7.76. The second-order valence-corrected chi connectivity index (χ2v) is 12.4. The van der Waals surface area contributed by atoms with Crippen molar-refractivity contribution in [2.45, 2.75) is 110 Å². The molecular formula is C35H45N5O5. The highest BCUT2D eigenvalue weighted by atomic mass is 16.7. The van der Waals surface area contributed by atoms with E-state index in [1.54, 1.807) is 4.57 Å². The average molecular weight is 616 g/mol. The number of imidazole rings is 1. The quantitative estimate of drug-likeness (QED) is 0.180. The molecule has 0 spiro atoms. The van der Waals surface area contributed by atoms with Gasteiger partial charge in [-0.2, -0.15) is 0 Å². The summed E-state index contributed by atoms with van der Waals surface area (Å²) in [4.78, 5) is 38.1. The average Bonchev–Trinajstić information content (AvgIpc) is 3.70. The highest BCUT2D eigenvalue weighted by molar-refractivity contribution is 5.78. The van der Waals surface area contributed by atoms with Crippen molar-refractivity contribution >= 4 is 11.2 Å². The monoisotopic (exact) mass is 615 g/mol. The van der Waals surface area contributed by atoms with E-state index in [1.165, 1.54) is 17.4 Å². The molecule has 1 aromatic carbocycles. The third-order valence-electron chi connectivity index (χ3n) is 9.14. The van der Waals surface area contributed by atoms with Crippen LogP contribution in [-0.4, -0.2) is 49.3 Å². The summed E-state index contributed by atoms with van der Waals surface area (Å²) in [5.74, 6) is 1.21. The molecule has 4 aromatic rings. The molecule has 10 nitrogen and oxygen atoms in total. The molecule has 0 radical (unpaired) electrons. The Morgan fingerprint density at radius 2 is 1.76 bits per heavy atom. The predicted molar refractivity (Wildman–Crippen MR) is 174 cm³/mol. The van der Waals surface area contributed by atoms with Crippen molar-refractivity contribution in [2.24, 2.45) is 0 Å². The molecule has 45 heavy (non-hydrogen) atoms. The number of pyridine rings is 1. The molecule has 6 rings (SSSR count). The molecule has 1 saturated carbocycles. The zero-order valence-electron chi connectivity index (χ0n) is 26.7. The number of nitrogens with zero attached hydrogens (tertiary/aromatic N) is 5. The maximum Gasteiger partial charge on any atom is 0.332 e. The largest absolute Gasteiger partial charge is 0.474 e. The van der Waals surface area contributed by atoms with E-state index in [0.717, 1.165) is 48.9 Å². The first kappa shape index (κ1) is 31.2. The third kappa shape index (κ3) is 6.77. The Labute approximate surface area is 264 Å². The first-order valence-electron chi connectivity index (χ1n) is 16.6. The van der Waals surface area contributed by atoms with Gasteiger partial charge in [0.05, 0.1) is 12.3 Å². The summed E-state index contributed by atoms with van der Waals surface area (Å²) < 4.78 is 22.8. The van der Waals surface area contributed by atoms with Gasteiger partial charge >= 0.3 is 5.69 Å². The summed E-state index contributed by atoms with van der Waals surface area (Å²) >= 11 is 0. The number of hydrogen-bond acceptors (Lipinski definition) is 7. The van der Waals surface area contributed by atoms with E-state index in [1.807, 2.05) is 67.8 Å². The number of aromatic nitrogens is 5.